The zero-order valence-electron chi connectivity index (χ0n) is 15.4. The minimum absolute atomic E-state index is 0.120. The van der Waals surface area contributed by atoms with Crippen LogP contribution in [0.3, 0.4) is 0 Å². The van der Waals surface area contributed by atoms with Crippen LogP contribution in [0.1, 0.15) is 11.1 Å². The summed E-state index contributed by atoms with van der Waals surface area (Å²) in [6, 6.07) is 16.0. The molecule has 2 rings (SSSR count). The molecule has 0 radical (unpaired) electrons. The third kappa shape index (κ3) is 6.63. The van der Waals surface area contributed by atoms with E-state index in [1.165, 1.54) is 7.11 Å². The van der Waals surface area contributed by atoms with Crippen molar-refractivity contribution in [2.75, 3.05) is 20.8 Å². The number of nitrogens with one attached hydrogen (secondary N) is 2. The normalized spacial score (nSPS) is 11.3. The first-order chi connectivity index (χ1) is 13.1. The highest BCUT2D eigenvalue weighted by Crippen LogP contribution is 2.16. The van der Waals surface area contributed by atoms with Crippen LogP contribution in [-0.2, 0) is 27.4 Å². The Labute approximate surface area is 158 Å². The molecule has 7 heteroatoms. The summed E-state index contributed by atoms with van der Waals surface area (Å²) in [6.07, 6.45) is -0.687. The maximum atomic E-state index is 12.0. The molecule has 0 aliphatic carbocycles. The van der Waals surface area contributed by atoms with E-state index in [1.54, 1.807) is 7.11 Å². The summed E-state index contributed by atoms with van der Waals surface area (Å²) in [7, 11) is 2.87. The number of amides is 1. The Morgan fingerprint density at radius 1 is 1.00 bits per heavy atom. The Morgan fingerprint density at radius 3 is 2.41 bits per heavy atom. The Morgan fingerprint density at radius 2 is 1.70 bits per heavy atom. The number of carbonyl (C=O) groups excluding carboxylic acids is 2. The number of para-hydroxylation sites is 1. The second-order valence-electron chi connectivity index (χ2n) is 5.72. The first-order valence-corrected chi connectivity index (χ1v) is 8.51. The lowest BCUT2D eigenvalue weighted by molar-refractivity contribution is -0.142. The number of hydrogen-bond donors (Lipinski definition) is 2. The molecule has 0 aromatic heterocycles. The SMILES string of the molecule is COC(=O)[C@@H](CNCc1ccccc1OC)NC(=O)OCc1ccccc1. The van der Waals surface area contributed by atoms with E-state index in [4.69, 9.17) is 14.2 Å². The van der Waals surface area contributed by atoms with Gasteiger partial charge in [0.25, 0.3) is 0 Å². The van der Waals surface area contributed by atoms with E-state index in [0.717, 1.165) is 16.9 Å². The minimum Gasteiger partial charge on any atom is -0.496 e. The standard InChI is InChI=1S/C20H24N2O5/c1-25-18-11-7-6-10-16(18)12-21-13-17(19(23)26-2)22-20(24)27-14-15-8-4-3-5-9-15/h3-11,17,21H,12-14H2,1-2H3,(H,22,24)/t17-/m1/s1. The lowest BCUT2D eigenvalue weighted by Crippen LogP contribution is -2.47. The molecule has 2 aromatic rings. The van der Waals surface area contributed by atoms with E-state index in [1.807, 2.05) is 54.6 Å². The molecule has 0 fully saturated rings. The average Bonchev–Trinajstić information content (AvgIpc) is 2.72. The van der Waals surface area contributed by atoms with Crippen molar-refractivity contribution < 1.29 is 23.8 Å². The van der Waals surface area contributed by atoms with Gasteiger partial charge in [-0.2, -0.15) is 0 Å². The molecular formula is C20H24N2O5. The van der Waals surface area contributed by atoms with Crippen LogP contribution >= 0.6 is 0 Å². The molecule has 144 valence electrons. The van der Waals surface area contributed by atoms with Gasteiger partial charge in [-0.25, -0.2) is 9.59 Å². The molecule has 27 heavy (non-hydrogen) atoms. The van der Waals surface area contributed by atoms with Crippen LogP contribution in [-0.4, -0.2) is 38.9 Å². The van der Waals surface area contributed by atoms with E-state index < -0.39 is 18.1 Å². The molecule has 1 atom stereocenters. The fourth-order valence-corrected chi connectivity index (χ4v) is 2.44. The number of methoxy groups -OCH3 is 2. The van der Waals surface area contributed by atoms with Crippen molar-refractivity contribution in [3.8, 4) is 5.75 Å². The van der Waals surface area contributed by atoms with Gasteiger partial charge < -0.3 is 24.8 Å². The molecule has 0 saturated heterocycles. The third-order valence-electron chi connectivity index (χ3n) is 3.85. The van der Waals surface area contributed by atoms with Gasteiger partial charge in [0, 0.05) is 18.7 Å². The molecule has 0 unspecified atom stereocenters. The minimum atomic E-state index is -0.868. The monoisotopic (exact) mass is 372 g/mol. The van der Waals surface area contributed by atoms with Gasteiger partial charge in [0.1, 0.15) is 18.4 Å². The largest absolute Gasteiger partial charge is 0.496 e. The Hall–Kier alpha value is -3.06. The number of ether oxygens (including phenoxy) is 3. The first-order valence-electron chi connectivity index (χ1n) is 8.51. The molecule has 1 amide bonds. The van der Waals surface area contributed by atoms with Gasteiger partial charge in [0.05, 0.1) is 14.2 Å². The molecule has 2 N–H and O–H groups in total. The predicted molar refractivity (Wildman–Crippen MR) is 100 cm³/mol. The topological polar surface area (TPSA) is 85.9 Å². The smallest absolute Gasteiger partial charge is 0.408 e. The second kappa shape index (κ2) is 10.8. The molecule has 0 heterocycles. The molecule has 0 spiro atoms. The summed E-state index contributed by atoms with van der Waals surface area (Å²) < 4.78 is 15.2. The fraction of sp³-hybridized carbons (Fsp3) is 0.300. The van der Waals surface area contributed by atoms with Crippen molar-refractivity contribution in [1.82, 2.24) is 10.6 Å². The van der Waals surface area contributed by atoms with Crippen molar-refractivity contribution in [3.05, 3.63) is 65.7 Å². The highest BCUT2D eigenvalue weighted by molar-refractivity contribution is 5.81. The summed E-state index contributed by atoms with van der Waals surface area (Å²) in [5.41, 5.74) is 1.80. The lowest BCUT2D eigenvalue weighted by Gasteiger charge is -2.17. The lowest BCUT2D eigenvalue weighted by atomic mass is 10.2. The van der Waals surface area contributed by atoms with Gasteiger partial charge in [-0.1, -0.05) is 48.5 Å². The van der Waals surface area contributed by atoms with E-state index in [-0.39, 0.29) is 13.2 Å². The molecule has 0 bridgehead atoms. The summed E-state index contributed by atoms with van der Waals surface area (Å²) in [5.74, 6) is 0.189. The van der Waals surface area contributed by atoms with Crippen LogP contribution in [0.2, 0.25) is 0 Å². The Balaban J connectivity index is 1.85. The van der Waals surface area contributed by atoms with Crippen LogP contribution < -0.4 is 15.4 Å². The van der Waals surface area contributed by atoms with E-state index in [2.05, 4.69) is 10.6 Å². The fourth-order valence-electron chi connectivity index (χ4n) is 2.44. The molecule has 0 aliphatic heterocycles. The molecule has 0 aliphatic rings. The highest BCUT2D eigenvalue weighted by atomic mass is 16.6. The number of alkyl carbamates (subject to hydrolysis) is 1. The molecule has 7 nitrogen and oxygen atoms in total. The zero-order valence-corrected chi connectivity index (χ0v) is 15.4. The third-order valence-corrected chi connectivity index (χ3v) is 3.85. The summed E-state index contributed by atoms with van der Waals surface area (Å²) in [5, 5.41) is 5.64. The van der Waals surface area contributed by atoms with Crippen LogP contribution in [0, 0.1) is 0 Å². The van der Waals surface area contributed by atoms with E-state index in [9.17, 15) is 9.59 Å². The predicted octanol–water partition coefficient (Wildman–Crippen LogP) is 2.25. The van der Waals surface area contributed by atoms with Gasteiger partial charge >= 0.3 is 12.1 Å². The number of rotatable bonds is 9. The molecular weight excluding hydrogens is 348 g/mol. The van der Waals surface area contributed by atoms with Crippen molar-refractivity contribution in [2.24, 2.45) is 0 Å². The van der Waals surface area contributed by atoms with Gasteiger partial charge in [-0.3, -0.25) is 0 Å². The van der Waals surface area contributed by atoms with Gasteiger partial charge in [0.2, 0.25) is 0 Å². The maximum Gasteiger partial charge on any atom is 0.408 e. The Kier molecular flexibility index (Phi) is 8.12. The summed E-state index contributed by atoms with van der Waals surface area (Å²) in [4.78, 5) is 23.9. The quantitative estimate of drug-likeness (QED) is 0.657. The number of carbonyl (C=O) groups is 2. The van der Waals surface area contributed by atoms with Gasteiger partial charge in [-0.15, -0.1) is 0 Å². The maximum absolute atomic E-state index is 12.0. The van der Waals surface area contributed by atoms with Crippen molar-refractivity contribution in [1.29, 1.82) is 0 Å². The van der Waals surface area contributed by atoms with Crippen LogP contribution in [0.25, 0.3) is 0 Å². The number of benzene rings is 2. The number of hydrogen-bond acceptors (Lipinski definition) is 6. The number of esters is 1. The summed E-state index contributed by atoms with van der Waals surface area (Å²) >= 11 is 0. The van der Waals surface area contributed by atoms with Crippen LogP contribution in [0.4, 0.5) is 4.79 Å². The highest BCUT2D eigenvalue weighted by Gasteiger charge is 2.22. The van der Waals surface area contributed by atoms with Crippen molar-refractivity contribution >= 4 is 12.1 Å². The van der Waals surface area contributed by atoms with Crippen LogP contribution in [0.15, 0.2) is 54.6 Å². The van der Waals surface area contributed by atoms with Gasteiger partial charge in [-0.05, 0) is 11.6 Å². The molecule has 2 aromatic carbocycles. The first kappa shape index (κ1) is 20.3. The van der Waals surface area contributed by atoms with Gasteiger partial charge in [0.15, 0.2) is 0 Å². The Bertz CT molecular complexity index is 736. The van der Waals surface area contributed by atoms with Crippen LogP contribution in [0.5, 0.6) is 5.75 Å². The van der Waals surface area contributed by atoms with E-state index >= 15 is 0 Å². The van der Waals surface area contributed by atoms with E-state index in [0.29, 0.717) is 6.54 Å². The molecule has 0 saturated carbocycles. The van der Waals surface area contributed by atoms with Crippen molar-refractivity contribution in [3.63, 3.8) is 0 Å². The zero-order chi connectivity index (χ0) is 19.5. The average molecular weight is 372 g/mol. The summed E-state index contributed by atoms with van der Waals surface area (Å²) in [6.45, 7) is 0.776. The second-order valence-corrected chi connectivity index (χ2v) is 5.72. The van der Waals surface area contributed by atoms with Crippen molar-refractivity contribution in [2.45, 2.75) is 19.2 Å².